The summed E-state index contributed by atoms with van der Waals surface area (Å²) in [5, 5.41) is 0. The lowest BCUT2D eigenvalue weighted by atomic mass is 10.1. The predicted molar refractivity (Wildman–Crippen MR) is 78.7 cm³/mol. The van der Waals surface area contributed by atoms with Gasteiger partial charge in [-0.15, -0.1) is 0 Å². The average molecular weight is 270 g/mol. The molecule has 0 spiro atoms. The largest absolute Gasteiger partial charge is 0.494 e. The second-order valence-corrected chi connectivity index (χ2v) is 4.31. The lowest BCUT2D eigenvalue weighted by Gasteiger charge is -2.08. The first-order valence-corrected chi connectivity index (χ1v) is 6.77. The zero-order chi connectivity index (χ0) is 14.4. The van der Waals surface area contributed by atoms with Crippen LogP contribution >= 0.6 is 0 Å². The van der Waals surface area contributed by atoms with Crippen molar-refractivity contribution in [1.29, 1.82) is 0 Å². The SMILES string of the molecule is CCOc1cccc(Oc2ccc(C(=O)CC)cc2)c1. The molecule has 0 amide bonds. The molecule has 2 aromatic carbocycles. The fourth-order valence-electron chi connectivity index (χ4n) is 1.84. The Balaban J connectivity index is 2.09. The number of carbonyl (C=O) groups is 1. The minimum atomic E-state index is 0.134. The Kier molecular flexibility index (Phi) is 4.77. The van der Waals surface area contributed by atoms with E-state index in [1.54, 1.807) is 24.3 Å². The van der Waals surface area contributed by atoms with E-state index >= 15 is 0 Å². The molecule has 0 aliphatic carbocycles. The third-order valence-corrected chi connectivity index (χ3v) is 2.85. The molecule has 2 aromatic rings. The third-order valence-electron chi connectivity index (χ3n) is 2.85. The van der Waals surface area contributed by atoms with Gasteiger partial charge in [0, 0.05) is 18.1 Å². The van der Waals surface area contributed by atoms with Crippen LogP contribution < -0.4 is 9.47 Å². The molecule has 0 aromatic heterocycles. The lowest BCUT2D eigenvalue weighted by Crippen LogP contribution is -1.96. The Morgan fingerprint density at radius 3 is 2.30 bits per heavy atom. The van der Waals surface area contributed by atoms with Crippen molar-refractivity contribution < 1.29 is 14.3 Å². The Bertz CT molecular complexity index is 573. The maximum atomic E-state index is 11.5. The maximum Gasteiger partial charge on any atom is 0.162 e. The van der Waals surface area contributed by atoms with Gasteiger partial charge >= 0.3 is 0 Å². The van der Waals surface area contributed by atoms with Crippen molar-refractivity contribution in [1.82, 2.24) is 0 Å². The van der Waals surface area contributed by atoms with Crippen LogP contribution in [0.5, 0.6) is 17.2 Å². The lowest BCUT2D eigenvalue weighted by molar-refractivity contribution is 0.0988. The van der Waals surface area contributed by atoms with Gasteiger partial charge in [0.25, 0.3) is 0 Å². The van der Waals surface area contributed by atoms with E-state index < -0.39 is 0 Å². The molecule has 3 heteroatoms. The van der Waals surface area contributed by atoms with Crippen LogP contribution in [0, 0.1) is 0 Å². The van der Waals surface area contributed by atoms with Crippen molar-refractivity contribution in [2.24, 2.45) is 0 Å². The predicted octanol–water partition coefficient (Wildman–Crippen LogP) is 4.47. The number of ketones is 1. The minimum Gasteiger partial charge on any atom is -0.494 e. The van der Waals surface area contributed by atoms with Crippen molar-refractivity contribution in [3.63, 3.8) is 0 Å². The summed E-state index contributed by atoms with van der Waals surface area (Å²) in [7, 11) is 0. The van der Waals surface area contributed by atoms with E-state index in [1.807, 2.05) is 38.1 Å². The highest BCUT2D eigenvalue weighted by Crippen LogP contribution is 2.25. The van der Waals surface area contributed by atoms with Crippen molar-refractivity contribution >= 4 is 5.78 Å². The van der Waals surface area contributed by atoms with Crippen LogP contribution in [0.1, 0.15) is 30.6 Å². The van der Waals surface area contributed by atoms with E-state index in [2.05, 4.69) is 0 Å². The third kappa shape index (κ3) is 3.60. The van der Waals surface area contributed by atoms with E-state index in [1.165, 1.54) is 0 Å². The molecule has 0 unspecified atom stereocenters. The summed E-state index contributed by atoms with van der Waals surface area (Å²) in [6.07, 6.45) is 0.511. The highest BCUT2D eigenvalue weighted by atomic mass is 16.5. The molecule has 0 radical (unpaired) electrons. The van der Waals surface area contributed by atoms with Crippen molar-refractivity contribution in [3.8, 4) is 17.2 Å². The molecule has 0 bridgehead atoms. The molecule has 2 rings (SSSR count). The van der Waals surface area contributed by atoms with E-state index in [-0.39, 0.29) is 5.78 Å². The molecule has 3 nitrogen and oxygen atoms in total. The van der Waals surface area contributed by atoms with Crippen LogP contribution in [0.15, 0.2) is 48.5 Å². The molecule has 0 aliphatic heterocycles. The fourth-order valence-corrected chi connectivity index (χ4v) is 1.84. The summed E-state index contributed by atoms with van der Waals surface area (Å²) >= 11 is 0. The van der Waals surface area contributed by atoms with Gasteiger partial charge in [-0.1, -0.05) is 13.0 Å². The topological polar surface area (TPSA) is 35.5 Å². The number of benzene rings is 2. The number of ether oxygens (including phenoxy) is 2. The zero-order valence-electron chi connectivity index (χ0n) is 11.8. The van der Waals surface area contributed by atoms with E-state index in [4.69, 9.17) is 9.47 Å². The van der Waals surface area contributed by atoms with Gasteiger partial charge in [0.1, 0.15) is 17.2 Å². The average Bonchev–Trinajstić information content (AvgIpc) is 2.48. The summed E-state index contributed by atoms with van der Waals surface area (Å²) in [6, 6.07) is 14.7. The smallest absolute Gasteiger partial charge is 0.162 e. The number of hydrogen-bond donors (Lipinski definition) is 0. The molecular formula is C17H18O3. The van der Waals surface area contributed by atoms with Crippen LogP contribution in [0.3, 0.4) is 0 Å². The van der Waals surface area contributed by atoms with Gasteiger partial charge in [-0.25, -0.2) is 0 Å². The monoisotopic (exact) mass is 270 g/mol. The zero-order valence-corrected chi connectivity index (χ0v) is 11.8. The van der Waals surface area contributed by atoms with Crippen molar-refractivity contribution in [2.75, 3.05) is 6.61 Å². The molecule has 0 saturated heterocycles. The molecule has 104 valence electrons. The Morgan fingerprint density at radius 1 is 0.950 bits per heavy atom. The van der Waals surface area contributed by atoms with Crippen LogP contribution in [0.25, 0.3) is 0 Å². The van der Waals surface area contributed by atoms with Crippen LogP contribution in [0.2, 0.25) is 0 Å². The summed E-state index contributed by atoms with van der Waals surface area (Å²) in [4.78, 5) is 11.5. The summed E-state index contributed by atoms with van der Waals surface area (Å²) in [5.41, 5.74) is 0.711. The molecular weight excluding hydrogens is 252 g/mol. The first kappa shape index (κ1) is 14.1. The number of carbonyl (C=O) groups excluding carboxylic acids is 1. The second-order valence-electron chi connectivity index (χ2n) is 4.31. The first-order valence-electron chi connectivity index (χ1n) is 6.77. The van der Waals surface area contributed by atoms with E-state index in [0.29, 0.717) is 30.1 Å². The van der Waals surface area contributed by atoms with E-state index in [9.17, 15) is 4.79 Å². The molecule has 20 heavy (non-hydrogen) atoms. The summed E-state index contributed by atoms with van der Waals surface area (Å²) in [5.74, 6) is 2.33. The quantitative estimate of drug-likeness (QED) is 0.726. The Hall–Kier alpha value is -2.29. The highest BCUT2D eigenvalue weighted by molar-refractivity contribution is 5.95. The summed E-state index contributed by atoms with van der Waals surface area (Å²) < 4.78 is 11.2. The van der Waals surface area contributed by atoms with Gasteiger partial charge in [-0.2, -0.15) is 0 Å². The molecule has 0 atom stereocenters. The number of Topliss-reactive ketones (excluding diaryl/α,β-unsaturated/α-hetero) is 1. The standard InChI is InChI=1S/C17H18O3/c1-3-17(18)13-8-10-14(11-9-13)20-16-7-5-6-15(12-16)19-4-2/h5-12H,3-4H2,1-2H3. The molecule has 0 fully saturated rings. The van der Waals surface area contributed by atoms with Gasteiger partial charge in [0.15, 0.2) is 5.78 Å². The van der Waals surface area contributed by atoms with Crippen LogP contribution in [0.4, 0.5) is 0 Å². The van der Waals surface area contributed by atoms with Crippen LogP contribution in [-0.2, 0) is 0 Å². The Morgan fingerprint density at radius 2 is 1.65 bits per heavy atom. The van der Waals surface area contributed by atoms with E-state index in [0.717, 1.165) is 5.75 Å². The maximum absolute atomic E-state index is 11.5. The van der Waals surface area contributed by atoms with Crippen molar-refractivity contribution in [3.05, 3.63) is 54.1 Å². The first-order chi connectivity index (χ1) is 9.72. The van der Waals surface area contributed by atoms with Crippen molar-refractivity contribution in [2.45, 2.75) is 20.3 Å². The van der Waals surface area contributed by atoms with Gasteiger partial charge in [0.05, 0.1) is 6.61 Å². The van der Waals surface area contributed by atoms with Gasteiger partial charge in [-0.05, 0) is 43.3 Å². The Labute approximate surface area is 119 Å². The molecule has 0 heterocycles. The fraction of sp³-hybridized carbons (Fsp3) is 0.235. The minimum absolute atomic E-state index is 0.134. The summed E-state index contributed by atoms with van der Waals surface area (Å²) in [6.45, 7) is 4.42. The normalized spacial score (nSPS) is 10.1. The van der Waals surface area contributed by atoms with Gasteiger partial charge in [-0.3, -0.25) is 4.79 Å². The van der Waals surface area contributed by atoms with Gasteiger partial charge in [0.2, 0.25) is 0 Å². The highest BCUT2D eigenvalue weighted by Gasteiger charge is 2.04. The number of hydrogen-bond acceptors (Lipinski definition) is 3. The number of rotatable bonds is 6. The molecule has 0 saturated carbocycles. The second kappa shape index (κ2) is 6.75. The molecule has 0 aliphatic rings. The van der Waals surface area contributed by atoms with Crippen LogP contribution in [-0.4, -0.2) is 12.4 Å². The molecule has 0 N–H and O–H groups in total. The van der Waals surface area contributed by atoms with Gasteiger partial charge < -0.3 is 9.47 Å².